The summed E-state index contributed by atoms with van der Waals surface area (Å²) in [6, 6.07) is 4.03. The molecule has 2 aromatic rings. The maximum atomic E-state index is 12.9. The Bertz CT molecular complexity index is 465. The first-order valence-electron chi connectivity index (χ1n) is 4.10. The summed E-state index contributed by atoms with van der Waals surface area (Å²) >= 11 is 11.7. The fourth-order valence-corrected chi connectivity index (χ4v) is 1.81. The van der Waals surface area contributed by atoms with Crippen LogP contribution in [0.1, 0.15) is 0 Å². The van der Waals surface area contributed by atoms with Gasteiger partial charge in [-0.3, -0.25) is 0 Å². The maximum absolute atomic E-state index is 12.9. The number of hydrogen-bond acceptors (Lipinski definition) is 2. The van der Waals surface area contributed by atoms with Crippen molar-refractivity contribution in [3.63, 3.8) is 0 Å². The van der Waals surface area contributed by atoms with E-state index in [1.165, 1.54) is 12.1 Å². The number of nitrogens with zero attached hydrogens (tertiary/aromatic N) is 2. The molecule has 0 fully saturated rings. The Morgan fingerprint density at radius 2 is 1.53 bits per heavy atom. The Kier molecular flexibility index (Phi) is 2.84. The van der Waals surface area contributed by atoms with Gasteiger partial charge in [-0.1, -0.05) is 23.2 Å². The molecule has 0 saturated carbocycles. The van der Waals surface area contributed by atoms with Crippen LogP contribution in [0, 0.1) is 5.82 Å². The molecule has 1 aromatic carbocycles. The lowest BCUT2D eigenvalue weighted by atomic mass is 10.2. The van der Waals surface area contributed by atoms with Crippen LogP contribution in [-0.2, 0) is 0 Å². The van der Waals surface area contributed by atoms with Crippen molar-refractivity contribution in [3.05, 3.63) is 46.5 Å². The first-order valence-corrected chi connectivity index (χ1v) is 4.86. The summed E-state index contributed by atoms with van der Waals surface area (Å²) in [5.41, 5.74) is 0.445. The van der Waals surface area contributed by atoms with Crippen LogP contribution < -0.4 is 0 Å². The van der Waals surface area contributed by atoms with Crippen LogP contribution in [0.3, 0.4) is 0 Å². The van der Waals surface area contributed by atoms with E-state index in [0.29, 0.717) is 11.4 Å². The number of benzene rings is 1. The summed E-state index contributed by atoms with van der Waals surface area (Å²) in [5, 5.41) is 0.400. The molecule has 1 aromatic heterocycles. The van der Waals surface area contributed by atoms with Gasteiger partial charge < -0.3 is 0 Å². The topological polar surface area (TPSA) is 25.8 Å². The van der Waals surface area contributed by atoms with Crippen molar-refractivity contribution in [2.45, 2.75) is 0 Å². The zero-order valence-electron chi connectivity index (χ0n) is 7.42. The highest BCUT2D eigenvalue weighted by Crippen LogP contribution is 2.32. The second kappa shape index (κ2) is 4.13. The zero-order chi connectivity index (χ0) is 10.8. The first kappa shape index (κ1) is 10.3. The van der Waals surface area contributed by atoms with Gasteiger partial charge in [-0.05, 0) is 18.2 Å². The molecule has 76 valence electrons. The highest BCUT2D eigenvalue weighted by molar-refractivity contribution is 6.38. The van der Waals surface area contributed by atoms with Gasteiger partial charge in [0.25, 0.3) is 0 Å². The Hall–Kier alpha value is -1.19. The standard InChI is InChI=1S/C10H5Cl2FN2/c11-7-4-6(13)5-8(12)9(7)10-14-2-1-3-15-10/h1-5H. The molecule has 2 nitrogen and oxygen atoms in total. The molecule has 2 rings (SSSR count). The highest BCUT2D eigenvalue weighted by Gasteiger charge is 2.12. The van der Waals surface area contributed by atoms with Crippen molar-refractivity contribution in [1.29, 1.82) is 0 Å². The smallest absolute Gasteiger partial charge is 0.162 e. The molecule has 15 heavy (non-hydrogen) atoms. The van der Waals surface area contributed by atoms with Gasteiger partial charge in [0.15, 0.2) is 5.82 Å². The average molecular weight is 243 g/mol. The highest BCUT2D eigenvalue weighted by atomic mass is 35.5. The Morgan fingerprint density at radius 1 is 1.00 bits per heavy atom. The molecule has 0 amide bonds. The summed E-state index contributed by atoms with van der Waals surface area (Å²) in [6.45, 7) is 0. The zero-order valence-corrected chi connectivity index (χ0v) is 8.93. The molecule has 0 spiro atoms. The lowest BCUT2D eigenvalue weighted by Gasteiger charge is -2.04. The van der Waals surface area contributed by atoms with Crippen molar-refractivity contribution in [2.24, 2.45) is 0 Å². The molecule has 0 N–H and O–H groups in total. The quantitative estimate of drug-likeness (QED) is 0.764. The van der Waals surface area contributed by atoms with Crippen molar-refractivity contribution in [3.8, 4) is 11.4 Å². The second-order valence-electron chi connectivity index (χ2n) is 2.82. The summed E-state index contributed by atoms with van der Waals surface area (Å²) < 4.78 is 12.9. The minimum absolute atomic E-state index is 0.200. The van der Waals surface area contributed by atoms with Crippen molar-refractivity contribution in [1.82, 2.24) is 9.97 Å². The molecule has 0 atom stereocenters. The lowest BCUT2D eigenvalue weighted by molar-refractivity contribution is 0.628. The molecular formula is C10H5Cl2FN2. The van der Waals surface area contributed by atoms with E-state index in [2.05, 4.69) is 9.97 Å². The van der Waals surface area contributed by atoms with Crippen molar-refractivity contribution in [2.75, 3.05) is 0 Å². The molecule has 0 bridgehead atoms. The molecular weight excluding hydrogens is 238 g/mol. The number of halogens is 3. The Morgan fingerprint density at radius 3 is 2.07 bits per heavy atom. The Labute approximate surface area is 95.7 Å². The van der Waals surface area contributed by atoms with Gasteiger partial charge in [0, 0.05) is 12.4 Å². The van der Waals surface area contributed by atoms with Crippen LogP contribution in [0.5, 0.6) is 0 Å². The minimum Gasteiger partial charge on any atom is -0.236 e. The van der Waals surface area contributed by atoms with Gasteiger partial charge in [0.1, 0.15) is 5.82 Å². The third kappa shape index (κ3) is 2.08. The summed E-state index contributed by atoms with van der Waals surface area (Å²) in [4.78, 5) is 8.00. The third-order valence-corrected chi connectivity index (χ3v) is 2.39. The number of rotatable bonds is 1. The fourth-order valence-electron chi connectivity index (χ4n) is 1.18. The van der Waals surface area contributed by atoms with Gasteiger partial charge >= 0.3 is 0 Å². The van der Waals surface area contributed by atoms with E-state index in [1.807, 2.05) is 0 Å². The molecule has 0 unspecified atom stereocenters. The first-order chi connectivity index (χ1) is 7.18. The van der Waals surface area contributed by atoms with Crippen LogP contribution in [0.2, 0.25) is 10.0 Å². The van der Waals surface area contributed by atoms with E-state index in [1.54, 1.807) is 18.5 Å². The summed E-state index contributed by atoms with van der Waals surface area (Å²) in [6.07, 6.45) is 3.14. The van der Waals surface area contributed by atoms with Crippen molar-refractivity contribution < 1.29 is 4.39 Å². The largest absolute Gasteiger partial charge is 0.236 e. The van der Waals surface area contributed by atoms with Gasteiger partial charge in [-0.15, -0.1) is 0 Å². The van der Waals surface area contributed by atoms with Gasteiger partial charge in [0.2, 0.25) is 0 Å². The predicted molar refractivity (Wildman–Crippen MR) is 57.4 cm³/mol. The van der Waals surface area contributed by atoms with Gasteiger partial charge in [-0.2, -0.15) is 0 Å². The van der Waals surface area contributed by atoms with Crippen molar-refractivity contribution >= 4 is 23.2 Å². The maximum Gasteiger partial charge on any atom is 0.162 e. The molecule has 0 radical (unpaired) electrons. The Balaban J connectivity index is 2.64. The van der Waals surface area contributed by atoms with Crippen LogP contribution in [-0.4, -0.2) is 9.97 Å². The second-order valence-corrected chi connectivity index (χ2v) is 3.63. The SMILES string of the molecule is Fc1cc(Cl)c(-c2ncccn2)c(Cl)c1. The predicted octanol–water partition coefficient (Wildman–Crippen LogP) is 3.59. The molecule has 0 saturated heterocycles. The summed E-state index contributed by atoms with van der Waals surface area (Å²) in [7, 11) is 0. The van der Waals surface area contributed by atoms with Gasteiger partial charge in [0.05, 0.1) is 15.6 Å². The van der Waals surface area contributed by atoms with E-state index in [4.69, 9.17) is 23.2 Å². The molecule has 1 heterocycles. The van der Waals surface area contributed by atoms with Gasteiger partial charge in [-0.25, -0.2) is 14.4 Å². The minimum atomic E-state index is -0.482. The lowest BCUT2D eigenvalue weighted by Crippen LogP contribution is -1.90. The number of hydrogen-bond donors (Lipinski definition) is 0. The molecule has 0 aliphatic rings. The molecule has 0 aliphatic heterocycles. The number of aromatic nitrogens is 2. The van der Waals surface area contributed by atoms with Crippen LogP contribution >= 0.6 is 23.2 Å². The van der Waals surface area contributed by atoms with E-state index >= 15 is 0 Å². The van der Waals surface area contributed by atoms with E-state index < -0.39 is 5.82 Å². The third-order valence-electron chi connectivity index (χ3n) is 1.80. The average Bonchev–Trinajstić information content (AvgIpc) is 2.17. The van der Waals surface area contributed by atoms with Crippen LogP contribution in [0.25, 0.3) is 11.4 Å². The van der Waals surface area contributed by atoms with E-state index in [0.717, 1.165) is 0 Å². The summed E-state index contributed by atoms with van der Waals surface area (Å²) in [5.74, 6) is -0.0998. The van der Waals surface area contributed by atoms with E-state index in [9.17, 15) is 4.39 Å². The van der Waals surface area contributed by atoms with E-state index in [-0.39, 0.29) is 10.0 Å². The van der Waals surface area contributed by atoms with Crippen LogP contribution in [0.4, 0.5) is 4.39 Å². The van der Waals surface area contributed by atoms with Crippen LogP contribution in [0.15, 0.2) is 30.6 Å². The monoisotopic (exact) mass is 242 g/mol. The molecule has 5 heteroatoms. The molecule has 0 aliphatic carbocycles. The normalized spacial score (nSPS) is 10.3. The fraction of sp³-hybridized carbons (Fsp3) is 0.